The molecule has 3 aliphatic rings. The minimum atomic E-state index is -0.168. The van der Waals surface area contributed by atoms with Gasteiger partial charge in [-0.15, -0.1) is 11.3 Å². The number of thiophene rings is 1. The van der Waals surface area contributed by atoms with E-state index in [0.29, 0.717) is 0 Å². The topological polar surface area (TPSA) is 24.4 Å². The number of aliphatic imine (C=N–C) groups is 1. The third-order valence-electron chi connectivity index (χ3n) is 11.0. The monoisotopic (exact) mass is 660 g/mol. The Kier molecular flexibility index (Phi) is 6.63. The molecule has 0 saturated heterocycles. The van der Waals surface area contributed by atoms with E-state index in [2.05, 4.69) is 165 Å². The molecule has 1 aliphatic heterocycles. The molecule has 1 atom stereocenters. The van der Waals surface area contributed by atoms with Crippen molar-refractivity contribution < 1.29 is 0 Å². The zero-order chi connectivity index (χ0) is 33.4. The minimum Gasteiger partial charge on any atom is -0.359 e. The second-order valence-corrected chi connectivity index (χ2v) is 15.3. The highest BCUT2D eigenvalue weighted by molar-refractivity contribution is 7.16. The van der Waals surface area contributed by atoms with E-state index in [1.165, 1.54) is 87.4 Å². The Morgan fingerprint density at radius 1 is 0.680 bits per heavy atom. The summed E-state index contributed by atoms with van der Waals surface area (Å²) in [6.07, 6.45) is 6.57. The van der Waals surface area contributed by atoms with Gasteiger partial charge in [0.05, 0.1) is 16.3 Å². The lowest BCUT2D eigenvalue weighted by atomic mass is 9.80. The van der Waals surface area contributed by atoms with Crippen LogP contribution in [0, 0.1) is 0 Å². The smallest absolute Gasteiger partial charge is 0.145 e. The van der Waals surface area contributed by atoms with E-state index in [1.54, 1.807) is 0 Å². The molecule has 0 radical (unpaired) electrons. The average molecular weight is 661 g/mol. The second-order valence-electron chi connectivity index (χ2n) is 14.3. The molecule has 6 aromatic carbocycles. The third kappa shape index (κ3) is 4.50. The molecule has 2 aliphatic carbocycles. The van der Waals surface area contributed by atoms with Crippen molar-refractivity contribution in [2.75, 3.05) is 5.32 Å². The van der Waals surface area contributed by atoms with Crippen LogP contribution in [-0.2, 0) is 11.8 Å². The van der Waals surface area contributed by atoms with Crippen molar-refractivity contribution in [3.63, 3.8) is 0 Å². The Morgan fingerprint density at radius 3 is 2.26 bits per heavy atom. The van der Waals surface area contributed by atoms with Gasteiger partial charge in [0.25, 0.3) is 0 Å². The predicted octanol–water partition coefficient (Wildman–Crippen LogP) is 12.5. The Bertz CT molecular complexity index is 2530. The Balaban J connectivity index is 1.08. The quantitative estimate of drug-likeness (QED) is 0.200. The van der Waals surface area contributed by atoms with Crippen LogP contribution in [0.1, 0.15) is 64.0 Å². The molecule has 0 saturated carbocycles. The van der Waals surface area contributed by atoms with Crippen LogP contribution in [-0.4, -0.2) is 5.71 Å². The maximum atomic E-state index is 5.41. The number of fused-ring (bicyclic) bond motifs is 7. The summed E-state index contributed by atoms with van der Waals surface area (Å²) in [6, 6.07) is 49.0. The summed E-state index contributed by atoms with van der Waals surface area (Å²) in [5.74, 6) is 0. The van der Waals surface area contributed by atoms with Crippen LogP contribution in [0.3, 0.4) is 0 Å². The largest absolute Gasteiger partial charge is 0.359 e. The minimum absolute atomic E-state index is 0.144. The van der Waals surface area contributed by atoms with Crippen LogP contribution in [0.5, 0.6) is 0 Å². The molecule has 0 amide bonds. The summed E-state index contributed by atoms with van der Waals surface area (Å²) in [5.41, 5.74) is 16.5. The maximum Gasteiger partial charge on any atom is 0.145 e. The van der Waals surface area contributed by atoms with E-state index < -0.39 is 0 Å². The molecule has 1 unspecified atom stereocenters. The summed E-state index contributed by atoms with van der Waals surface area (Å²) in [4.78, 5) is 8.02. The van der Waals surface area contributed by atoms with E-state index in [4.69, 9.17) is 4.99 Å². The van der Waals surface area contributed by atoms with E-state index in [-0.39, 0.29) is 11.6 Å². The fourth-order valence-corrected chi connectivity index (χ4v) is 9.70. The van der Waals surface area contributed by atoms with Crippen molar-refractivity contribution >= 4 is 39.6 Å². The van der Waals surface area contributed by atoms with Crippen LogP contribution >= 0.6 is 11.3 Å². The Hall–Kier alpha value is -5.51. The molecular formula is C47H36N2S. The summed E-state index contributed by atoms with van der Waals surface area (Å²) < 4.78 is 0. The lowest BCUT2D eigenvalue weighted by molar-refractivity contribution is 0.661. The SMILES string of the molecule is CC1(C)c2cc(-c3cccc(C4N=C(c5ccccc5)c5sc6c(c5N4)CCC=C6)c3)ccc2-c2c1cc1ccccc1c2-c1ccccc1. The van der Waals surface area contributed by atoms with Gasteiger partial charge >= 0.3 is 0 Å². The molecule has 1 N–H and O–H groups in total. The van der Waals surface area contributed by atoms with Crippen molar-refractivity contribution in [2.24, 2.45) is 4.99 Å². The summed E-state index contributed by atoms with van der Waals surface area (Å²) in [6.45, 7) is 4.78. The van der Waals surface area contributed by atoms with Gasteiger partial charge in [-0.1, -0.05) is 135 Å². The zero-order valence-electron chi connectivity index (χ0n) is 28.2. The number of allylic oxidation sites excluding steroid dienone is 1. The normalized spacial score (nSPS) is 16.6. The Morgan fingerprint density at radius 2 is 1.42 bits per heavy atom. The molecule has 2 nitrogen and oxygen atoms in total. The second kappa shape index (κ2) is 11.3. The van der Waals surface area contributed by atoms with Crippen LogP contribution in [0.15, 0.2) is 145 Å². The van der Waals surface area contributed by atoms with Gasteiger partial charge in [0, 0.05) is 15.9 Å². The van der Waals surface area contributed by atoms with Crippen LogP contribution in [0.4, 0.5) is 5.69 Å². The van der Waals surface area contributed by atoms with Crippen molar-refractivity contribution in [3.05, 3.63) is 177 Å². The third-order valence-corrected chi connectivity index (χ3v) is 12.2. The molecule has 240 valence electrons. The van der Waals surface area contributed by atoms with E-state index >= 15 is 0 Å². The predicted molar refractivity (Wildman–Crippen MR) is 213 cm³/mol. The highest BCUT2D eigenvalue weighted by Crippen LogP contribution is 2.55. The summed E-state index contributed by atoms with van der Waals surface area (Å²) >= 11 is 1.86. The Labute approximate surface area is 297 Å². The first kappa shape index (κ1) is 29.4. The molecule has 50 heavy (non-hydrogen) atoms. The first-order chi connectivity index (χ1) is 24.5. The maximum absolute atomic E-state index is 5.41. The average Bonchev–Trinajstić information content (AvgIpc) is 3.66. The zero-order valence-corrected chi connectivity index (χ0v) is 29.0. The van der Waals surface area contributed by atoms with Crippen molar-refractivity contribution in [3.8, 4) is 33.4 Å². The highest BCUT2D eigenvalue weighted by atomic mass is 32.1. The fourth-order valence-electron chi connectivity index (χ4n) is 8.44. The number of hydrogen-bond donors (Lipinski definition) is 1. The lowest BCUT2D eigenvalue weighted by Crippen LogP contribution is -2.20. The van der Waals surface area contributed by atoms with Crippen molar-refractivity contribution in [2.45, 2.75) is 38.3 Å². The lowest BCUT2D eigenvalue weighted by Gasteiger charge is -2.26. The summed E-state index contributed by atoms with van der Waals surface area (Å²) in [7, 11) is 0. The molecule has 7 aromatic rings. The number of anilines is 1. The van der Waals surface area contributed by atoms with E-state index in [1.807, 2.05) is 11.3 Å². The first-order valence-corrected chi connectivity index (χ1v) is 18.5. The molecule has 0 bridgehead atoms. The van der Waals surface area contributed by atoms with Crippen LogP contribution in [0.2, 0.25) is 0 Å². The molecule has 0 fully saturated rings. The molecule has 0 spiro atoms. The van der Waals surface area contributed by atoms with Gasteiger partial charge in [0.1, 0.15) is 6.17 Å². The molecule has 10 rings (SSSR count). The van der Waals surface area contributed by atoms with Gasteiger partial charge < -0.3 is 5.32 Å². The van der Waals surface area contributed by atoms with Crippen LogP contribution in [0.25, 0.3) is 50.2 Å². The van der Waals surface area contributed by atoms with Gasteiger partial charge in [-0.05, 0) is 104 Å². The van der Waals surface area contributed by atoms with Gasteiger partial charge in [-0.2, -0.15) is 0 Å². The molecule has 1 aromatic heterocycles. The summed E-state index contributed by atoms with van der Waals surface area (Å²) in [5, 5.41) is 6.49. The van der Waals surface area contributed by atoms with Crippen molar-refractivity contribution in [1.82, 2.24) is 0 Å². The molecule has 3 heteroatoms. The number of rotatable bonds is 4. The van der Waals surface area contributed by atoms with Gasteiger partial charge in [0.15, 0.2) is 0 Å². The fraction of sp³-hybridized carbons (Fsp3) is 0.128. The highest BCUT2D eigenvalue weighted by Gasteiger charge is 2.38. The van der Waals surface area contributed by atoms with E-state index in [9.17, 15) is 0 Å². The van der Waals surface area contributed by atoms with E-state index in [0.717, 1.165) is 18.6 Å². The standard InChI is InChI=1S/C47H36N2S/c1-47(2)38-27-32(24-25-36(38)42-39(47)28-33-18-9-10-21-35(33)41(42)29-14-5-3-6-15-29)31-19-13-20-34(26-31)46-48-43(30-16-7-4-8-17-30)45-44(49-46)37-22-11-12-23-40(37)50-45/h3-10,12-21,23-28,46,49H,11,22H2,1-2H3. The molecular weight excluding hydrogens is 625 g/mol. The van der Waals surface area contributed by atoms with Gasteiger partial charge in [0.2, 0.25) is 0 Å². The van der Waals surface area contributed by atoms with Crippen LogP contribution < -0.4 is 5.32 Å². The number of nitrogens with one attached hydrogen (secondary N) is 1. The van der Waals surface area contributed by atoms with Crippen molar-refractivity contribution in [1.29, 1.82) is 0 Å². The van der Waals surface area contributed by atoms with Gasteiger partial charge in [-0.3, -0.25) is 4.99 Å². The number of hydrogen-bond acceptors (Lipinski definition) is 3. The first-order valence-electron chi connectivity index (χ1n) is 17.6. The number of nitrogens with zero attached hydrogens (tertiary/aromatic N) is 1. The molecule has 2 heterocycles. The number of benzene rings is 6. The van der Waals surface area contributed by atoms with Gasteiger partial charge in [-0.25, -0.2) is 0 Å².